The molecule has 1 aromatic rings. The molecule has 6 rings (SSSR count). The Kier molecular flexibility index (Phi) is 10.2. The van der Waals surface area contributed by atoms with E-state index in [0.29, 0.717) is 40.9 Å². The van der Waals surface area contributed by atoms with Gasteiger partial charge in [-0.2, -0.15) is 9.98 Å². The van der Waals surface area contributed by atoms with Crippen molar-refractivity contribution in [1.82, 2.24) is 15.1 Å². The number of hydrogen-bond acceptors (Lipinski definition) is 15. The molecular formula is C35H43N7O9. The van der Waals surface area contributed by atoms with Gasteiger partial charge in [0.15, 0.2) is 24.1 Å². The molecule has 51 heavy (non-hydrogen) atoms. The van der Waals surface area contributed by atoms with Crippen molar-refractivity contribution in [3.63, 3.8) is 0 Å². The zero-order valence-electron chi connectivity index (χ0n) is 29.1. The average molecular weight is 706 g/mol. The number of guanidine groups is 1. The van der Waals surface area contributed by atoms with Gasteiger partial charge in [0.2, 0.25) is 11.7 Å². The van der Waals surface area contributed by atoms with Crippen LogP contribution in [0.4, 0.5) is 0 Å². The van der Waals surface area contributed by atoms with Crippen LogP contribution >= 0.6 is 0 Å². The first kappa shape index (κ1) is 35.6. The van der Waals surface area contributed by atoms with Gasteiger partial charge in [-0.25, -0.2) is 4.79 Å². The largest absolute Gasteiger partial charge is 0.496 e. The minimum absolute atomic E-state index is 0.0235. The third-order valence-electron chi connectivity index (χ3n) is 9.51. The fourth-order valence-electron chi connectivity index (χ4n) is 6.94. The van der Waals surface area contributed by atoms with E-state index in [9.17, 15) is 24.6 Å². The number of unbranched alkanes of at least 4 members (excludes halogenated alkanes) is 3. The van der Waals surface area contributed by atoms with E-state index in [4.69, 9.17) is 24.7 Å². The second kappa shape index (κ2) is 14.6. The molecule has 0 saturated heterocycles. The molecule has 272 valence electrons. The number of allylic oxidation sites excluding steroid dienone is 2. The number of methoxy groups -OCH3 is 1. The molecule has 0 aromatic heterocycles. The van der Waals surface area contributed by atoms with E-state index in [1.54, 1.807) is 37.2 Å². The zero-order valence-corrected chi connectivity index (χ0v) is 29.1. The number of amides is 1. The van der Waals surface area contributed by atoms with Gasteiger partial charge in [-0.15, -0.1) is 0 Å². The summed E-state index contributed by atoms with van der Waals surface area (Å²) in [4.78, 5) is 54.3. The van der Waals surface area contributed by atoms with Crippen molar-refractivity contribution < 1.29 is 43.5 Å². The van der Waals surface area contributed by atoms with E-state index in [1.165, 1.54) is 7.11 Å². The average Bonchev–Trinajstić information content (AvgIpc) is 3.86. The van der Waals surface area contributed by atoms with Crippen molar-refractivity contribution in [2.45, 2.75) is 83.9 Å². The molecule has 0 bridgehead atoms. The summed E-state index contributed by atoms with van der Waals surface area (Å²) in [5.41, 5.74) is 6.10. The number of esters is 1. The van der Waals surface area contributed by atoms with Crippen molar-refractivity contribution in [2.24, 2.45) is 20.7 Å². The maximum Gasteiger partial charge on any atom is 0.375 e. The summed E-state index contributed by atoms with van der Waals surface area (Å²) in [6.45, 7) is 5.26. The summed E-state index contributed by atoms with van der Waals surface area (Å²) in [6.07, 6.45) is 9.24. The number of rotatable bonds is 14. The third-order valence-corrected chi connectivity index (χ3v) is 9.51. The Morgan fingerprint density at radius 2 is 2.04 bits per heavy atom. The van der Waals surface area contributed by atoms with Gasteiger partial charge >= 0.3 is 11.9 Å². The van der Waals surface area contributed by atoms with E-state index < -0.39 is 36.5 Å². The van der Waals surface area contributed by atoms with E-state index in [1.807, 2.05) is 4.90 Å². The van der Waals surface area contributed by atoms with E-state index >= 15 is 0 Å². The number of hydrogen-bond donors (Lipinski definition) is 4. The van der Waals surface area contributed by atoms with Crippen LogP contribution in [-0.4, -0.2) is 101 Å². The smallest absolute Gasteiger partial charge is 0.375 e. The van der Waals surface area contributed by atoms with Gasteiger partial charge in [-0.3, -0.25) is 19.5 Å². The Morgan fingerprint density at radius 1 is 1.24 bits per heavy atom. The number of nitrogens with one attached hydrogen (secondary N) is 1. The number of nitrogens with two attached hydrogens (primary N) is 1. The third kappa shape index (κ3) is 6.44. The molecular weight excluding hydrogens is 662 g/mol. The highest BCUT2D eigenvalue weighted by Gasteiger charge is 2.45. The number of aliphatic hydroxyl groups excluding tert-OH is 1. The number of benzene rings is 1. The van der Waals surface area contributed by atoms with Crippen LogP contribution in [0.5, 0.6) is 17.2 Å². The maximum absolute atomic E-state index is 13.3. The lowest BCUT2D eigenvalue weighted by Crippen LogP contribution is -2.53. The predicted molar refractivity (Wildman–Crippen MR) is 186 cm³/mol. The summed E-state index contributed by atoms with van der Waals surface area (Å²) >= 11 is 0. The van der Waals surface area contributed by atoms with Crippen LogP contribution in [0.2, 0.25) is 0 Å². The van der Waals surface area contributed by atoms with Crippen LogP contribution in [0.1, 0.15) is 69.6 Å². The highest BCUT2D eigenvalue weighted by Crippen LogP contribution is 2.54. The molecule has 3 atom stereocenters. The summed E-state index contributed by atoms with van der Waals surface area (Å²) in [5.74, 6) is -0.991. The molecule has 5 aliphatic heterocycles. The number of aliphatic imine (C=N–C) groups is 3. The first-order valence-electron chi connectivity index (χ1n) is 17.1. The van der Waals surface area contributed by atoms with Gasteiger partial charge in [-0.1, -0.05) is 38.7 Å². The van der Waals surface area contributed by atoms with Crippen molar-refractivity contribution in [3.8, 4) is 17.2 Å². The highest BCUT2D eigenvalue weighted by molar-refractivity contribution is 6.69. The Morgan fingerprint density at radius 3 is 2.75 bits per heavy atom. The minimum atomic E-state index is -1.19. The van der Waals surface area contributed by atoms with Crippen molar-refractivity contribution in [3.05, 3.63) is 46.5 Å². The Balaban J connectivity index is 1.41. The van der Waals surface area contributed by atoms with Crippen LogP contribution in [0.15, 0.2) is 44.8 Å². The molecule has 5 aliphatic rings. The molecule has 1 amide bonds. The first-order chi connectivity index (χ1) is 24.6. The Hall–Kier alpha value is -5.22. The number of fused-ring (bicyclic) bond motifs is 3. The van der Waals surface area contributed by atoms with E-state index in [-0.39, 0.29) is 66.4 Å². The number of aliphatic hydroxyl groups is 2. The van der Waals surface area contributed by atoms with Crippen LogP contribution in [0.3, 0.4) is 0 Å². The summed E-state index contributed by atoms with van der Waals surface area (Å²) in [6, 6.07) is 0. The fourth-order valence-corrected chi connectivity index (χ4v) is 6.94. The van der Waals surface area contributed by atoms with Gasteiger partial charge in [0.05, 0.1) is 42.6 Å². The molecule has 16 nitrogen and oxygen atoms in total. The SMILES string of the molecule is CCCCCCC(C)(O)C1Cc2c(c(CO)c3c(c2OC)C(=CCN2C=CNC2N2CN=C4C(=O)N=C(N)N=C42)C(C=O)=C(C(=O)OCC)O3)O1. The molecule has 16 heteroatoms. The fraction of sp³-hybridized carbons (Fsp3) is 0.486. The van der Waals surface area contributed by atoms with Gasteiger partial charge < -0.3 is 45.1 Å². The predicted octanol–water partition coefficient (Wildman–Crippen LogP) is 1.63. The summed E-state index contributed by atoms with van der Waals surface area (Å²) in [5, 5.41) is 25.5. The lowest BCUT2D eigenvalue weighted by molar-refractivity contribution is -0.141. The maximum atomic E-state index is 13.3. The van der Waals surface area contributed by atoms with Crippen LogP contribution in [0.25, 0.3) is 5.57 Å². The van der Waals surface area contributed by atoms with Crippen LogP contribution in [-0.2, 0) is 32.1 Å². The topological polar surface area (TPSA) is 210 Å². The monoisotopic (exact) mass is 705 g/mol. The molecule has 3 unspecified atom stereocenters. The molecule has 0 fully saturated rings. The van der Waals surface area contributed by atoms with E-state index in [0.717, 1.165) is 25.7 Å². The van der Waals surface area contributed by atoms with E-state index in [2.05, 4.69) is 27.2 Å². The standard InChI is InChI=1S/C35H43N7O9/c1-5-7-8-9-11-35(3,47)23-15-20-26(50-23)22(17-44)28-24(27(20)48-4)19(21(16-43)29(51-28)32(46)49-6-2)10-13-41-14-12-37-34(41)42-18-38-25-30(42)39-33(36)40-31(25)45/h10,12,14,16,23,34,37,44,47H,5-9,11,13,15,17-18H2,1-4H3,(H2,36,40,45). The number of amidine groups is 1. The lowest BCUT2D eigenvalue weighted by Gasteiger charge is -2.34. The van der Waals surface area contributed by atoms with Crippen LogP contribution < -0.4 is 25.3 Å². The molecule has 1 aromatic carbocycles. The van der Waals surface area contributed by atoms with Crippen molar-refractivity contribution in [2.75, 3.05) is 26.9 Å². The van der Waals surface area contributed by atoms with Gasteiger partial charge in [0.1, 0.15) is 30.0 Å². The minimum Gasteiger partial charge on any atom is -0.496 e. The number of carbonyl (C=O) groups excluding carboxylic acids is 3. The zero-order chi connectivity index (χ0) is 36.4. The Bertz CT molecular complexity index is 1810. The molecule has 5 N–H and O–H groups in total. The first-order valence-corrected chi connectivity index (χ1v) is 17.1. The molecule has 0 aliphatic carbocycles. The number of ether oxygens (including phenoxy) is 4. The molecule has 0 spiro atoms. The van der Waals surface area contributed by atoms with Gasteiger partial charge in [0.25, 0.3) is 0 Å². The van der Waals surface area contributed by atoms with Gasteiger partial charge in [0, 0.05) is 36.5 Å². The summed E-state index contributed by atoms with van der Waals surface area (Å²) in [7, 11) is 1.48. The lowest BCUT2D eigenvalue weighted by atomic mass is 9.86. The second-order valence-corrected chi connectivity index (χ2v) is 12.8. The highest BCUT2D eigenvalue weighted by atomic mass is 16.6. The quantitative estimate of drug-likeness (QED) is 0.123. The van der Waals surface area contributed by atoms with Crippen molar-refractivity contribution >= 4 is 41.2 Å². The number of nitrogens with zero attached hydrogens (tertiary/aromatic N) is 5. The van der Waals surface area contributed by atoms with Crippen LogP contribution in [0, 0.1) is 0 Å². The second-order valence-electron chi connectivity index (χ2n) is 12.8. The molecule has 5 heterocycles. The molecule has 0 saturated carbocycles. The van der Waals surface area contributed by atoms with Gasteiger partial charge in [-0.05, 0) is 20.3 Å². The number of aldehydes is 1. The summed E-state index contributed by atoms with van der Waals surface area (Å²) < 4.78 is 23.8. The molecule has 0 radical (unpaired) electrons. The Labute approximate surface area is 295 Å². The number of carbonyl (C=O) groups is 3. The van der Waals surface area contributed by atoms with Crippen molar-refractivity contribution in [1.29, 1.82) is 0 Å². The normalized spacial score (nSPS) is 22.3.